The maximum Gasteiger partial charge on any atom is 0.304 e. The molecule has 0 radical (unpaired) electrons. The summed E-state index contributed by atoms with van der Waals surface area (Å²) in [4.78, 5) is 16.3. The molecule has 1 aromatic rings. The van der Waals surface area contributed by atoms with Crippen LogP contribution >= 0.6 is 0 Å². The number of aliphatic carboxylic acids is 1. The molecule has 0 aliphatic rings. The van der Waals surface area contributed by atoms with E-state index in [1.165, 1.54) is 0 Å². The number of carboxylic acids is 1. The first-order chi connectivity index (χ1) is 6.59. The molecule has 0 aromatic carbocycles. The van der Waals surface area contributed by atoms with Crippen LogP contribution in [0.1, 0.15) is 12.1 Å². The Labute approximate surface area is 83.0 Å². The molecule has 1 aromatic heterocycles. The van der Waals surface area contributed by atoms with E-state index in [1.54, 1.807) is 12.5 Å². The summed E-state index contributed by atoms with van der Waals surface area (Å²) in [5.41, 5.74) is 1.08. The summed E-state index contributed by atoms with van der Waals surface area (Å²) in [6.07, 6.45) is 3.70. The van der Waals surface area contributed by atoms with Crippen molar-refractivity contribution in [1.29, 1.82) is 0 Å². The minimum Gasteiger partial charge on any atom is -0.481 e. The fourth-order valence-corrected chi connectivity index (χ4v) is 1.18. The average molecular weight is 197 g/mol. The number of hydrogen-bond donors (Lipinski definition) is 1. The molecule has 5 nitrogen and oxygen atoms in total. The Morgan fingerprint density at radius 1 is 1.71 bits per heavy atom. The zero-order valence-electron chi connectivity index (χ0n) is 8.47. The minimum atomic E-state index is -0.762. The molecular formula is C9H15N3O2. The van der Waals surface area contributed by atoms with E-state index in [4.69, 9.17) is 5.11 Å². The van der Waals surface area contributed by atoms with Crippen molar-refractivity contribution in [3.05, 3.63) is 18.2 Å². The Bertz CT molecular complexity index is 309. The van der Waals surface area contributed by atoms with Gasteiger partial charge in [-0.15, -0.1) is 0 Å². The van der Waals surface area contributed by atoms with Crippen LogP contribution in [0, 0.1) is 0 Å². The third kappa shape index (κ3) is 3.18. The number of hydrogen-bond acceptors (Lipinski definition) is 3. The van der Waals surface area contributed by atoms with Gasteiger partial charge in [0.2, 0.25) is 0 Å². The fraction of sp³-hybridized carbons (Fsp3) is 0.556. The lowest BCUT2D eigenvalue weighted by atomic mass is 10.3. The molecule has 0 aliphatic heterocycles. The number of aryl methyl sites for hydroxylation is 1. The summed E-state index contributed by atoms with van der Waals surface area (Å²) >= 11 is 0. The number of carbonyl (C=O) groups is 1. The Morgan fingerprint density at radius 2 is 2.43 bits per heavy atom. The molecule has 14 heavy (non-hydrogen) atoms. The van der Waals surface area contributed by atoms with Crippen LogP contribution in [0.3, 0.4) is 0 Å². The lowest BCUT2D eigenvalue weighted by Crippen LogP contribution is -2.22. The Kier molecular flexibility index (Phi) is 3.64. The van der Waals surface area contributed by atoms with Gasteiger partial charge >= 0.3 is 5.97 Å². The van der Waals surface area contributed by atoms with Crippen molar-refractivity contribution < 1.29 is 9.90 Å². The molecule has 0 saturated carbocycles. The summed E-state index contributed by atoms with van der Waals surface area (Å²) in [6, 6.07) is 0. The molecule has 0 amide bonds. The predicted octanol–water partition coefficient (Wildman–Crippen LogP) is 0.327. The zero-order chi connectivity index (χ0) is 10.6. The molecule has 5 heteroatoms. The molecule has 1 N–H and O–H groups in total. The van der Waals surface area contributed by atoms with Crippen molar-refractivity contribution in [2.24, 2.45) is 7.05 Å². The highest BCUT2D eigenvalue weighted by Gasteiger charge is 2.05. The van der Waals surface area contributed by atoms with Crippen molar-refractivity contribution in [1.82, 2.24) is 14.5 Å². The summed E-state index contributed by atoms with van der Waals surface area (Å²) in [5, 5.41) is 8.50. The Balaban J connectivity index is 2.37. The first kappa shape index (κ1) is 10.7. The van der Waals surface area contributed by atoms with Gasteiger partial charge in [-0.05, 0) is 7.05 Å². The van der Waals surface area contributed by atoms with Crippen LogP contribution in [0.25, 0.3) is 0 Å². The molecule has 0 unspecified atom stereocenters. The van der Waals surface area contributed by atoms with Crippen LogP contribution in [0.5, 0.6) is 0 Å². The average Bonchev–Trinajstić information content (AvgIpc) is 2.49. The normalized spacial score (nSPS) is 10.8. The SMILES string of the molecule is CN(CCC(=O)O)Cc1cncn1C. The molecule has 0 saturated heterocycles. The topological polar surface area (TPSA) is 58.4 Å². The molecule has 0 bridgehead atoms. The molecule has 0 spiro atoms. The third-order valence-electron chi connectivity index (χ3n) is 2.06. The van der Waals surface area contributed by atoms with E-state index in [-0.39, 0.29) is 6.42 Å². The minimum absolute atomic E-state index is 0.175. The van der Waals surface area contributed by atoms with Gasteiger partial charge in [0.15, 0.2) is 0 Å². The molecule has 1 heterocycles. The van der Waals surface area contributed by atoms with Gasteiger partial charge in [0, 0.05) is 26.3 Å². The zero-order valence-corrected chi connectivity index (χ0v) is 8.47. The van der Waals surface area contributed by atoms with Crippen LogP contribution in [0.4, 0.5) is 0 Å². The fourth-order valence-electron chi connectivity index (χ4n) is 1.18. The van der Waals surface area contributed by atoms with E-state index < -0.39 is 5.97 Å². The van der Waals surface area contributed by atoms with Gasteiger partial charge in [0.05, 0.1) is 18.4 Å². The van der Waals surface area contributed by atoms with Crippen molar-refractivity contribution in [2.45, 2.75) is 13.0 Å². The largest absolute Gasteiger partial charge is 0.481 e. The lowest BCUT2D eigenvalue weighted by molar-refractivity contribution is -0.137. The van der Waals surface area contributed by atoms with Gasteiger partial charge in [0.25, 0.3) is 0 Å². The Morgan fingerprint density at radius 3 is 2.93 bits per heavy atom. The summed E-state index contributed by atoms with van der Waals surface area (Å²) in [6.45, 7) is 1.28. The number of imidazole rings is 1. The third-order valence-corrected chi connectivity index (χ3v) is 2.06. The monoisotopic (exact) mass is 197 g/mol. The van der Waals surface area contributed by atoms with Gasteiger partial charge in [-0.3, -0.25) is 9.69 Å². The van der Waals surface area contributed by atoms with Crippen LogP contribution in [0.2, 0.25) is 0 Å². The predicted molar refractivity (Wildman–Crippen MR) is 51.8 cm³/mol. The molecule has 1 rings (SSSR count). The standard InChI is InChI=1S/C9H15N3O2/c1-11(4-3-9(13)14)6-8-5-10-7-12(8)2/h5,7H,3-4,6H2,1-2H3,(H,13,14). The quantitative estimate of drug-likeness (QED) is 0.738. The van der Waals surface area contributed by atoms with E-state index in [2.05, 4.69) is 4.98 Å². The second-order valence-electron chi connectivity index (χ2n) is 3.38. The van der Waals surface area contributed by atoms with Crippen molar-refractivity contribution in [3.63, 3.8) is 0 Å². The molecule has 0 fully saturated rings. The molecular weight excluding hydrogens is 182 g/mol. The lowest BCUT2D eigenvalue weighted by Gasteiger charge is -2.15. The first-order valence-corrected chi connectivity index (χ1v) is 4.45. The van der Waals surface area contributed by atoms with Crippen LogP contribution in [0.15, 0.2) is 12.5 Å². The first-order valence-electron chi connectivity index (χ1n) is 4.45. The highest BCUT2D eigenvalue weighted by molar-refractivity contribution is 5.66. The highest BCUT2D eigenvalue weighted by atomic mass is 16.4. The molecule has 0 aliphatic carbocycles. The van der Waals surface area contributed by atoms with Gasteiger partial charge in [-0.25, -0.2) is 4.98 Å². The van der Waals surface area contributed by atoms with E-state index >= 15 is 0 Å². The number of rotatable bonds is 5. The number of nitrogens with zero attached hydrogens (tertiary/aromatic N) is 3. The van der Waals surface area contributed by atoms with E-state index in [1.807, 2.05) is 23.6 Å². The number of carboxylic acid groups (broad SMARTS) is 1. The van der Waals surface area contributed by atoms with Gasteiger partial charge in [0.1, 0.15) is 0 Å². The maximum absolute atomic E-state index is 10.3. The van der Waals surface area contributed by atoms with E-state index in [0.717, 1.165) is 12.2 Å². The van der Waals surface area contributed by atoms with Gasteiger partial charge < -0.3 is 9.67 Å². The summed E-state index contributed by atoms with van der Waals surface area (Å²) in [5.74, 6) is -0.762. The van der Waals surface area contributed by atoms with E-state index in [0.29, 0.717) is 6.54 Å². The molecule has 0 atom stereocenters. The van der Waals surface area contributed by atoms with Gasteiger partial charge in [-0.2, -0.15) is 0 Å². The van der Waals surface area contributed by atoms with E-state index in [9.17, 15) is 4.79 Å². The number of aromatic nitrogens is 2. The second-order valence-corrected chi connectivity index (χ2v) is 3.38. The van der Waals surface area contributed by atoms with Crippen molar-refractivity contribution >= 4 is 5.97 Å². The van der Waals surface area contributed by atoms with Crippen molar-refractivity contribution in [3.8, 4) is 0 Å². The summed E-state index contributed by atoms with van der Waals surface area (Å²) in [7, 11) is 3.82. The van der Waals surface area contributed by atoms with Crippen LogP contribution < -0.4 is 0 Å². The second kappa shape index (κ2) is 4.76. The smallest absolute Gasteiger partial charge is 0.304 e. The van der Waals surface area contributed by atoms with Crippen LogP contribution in [-0.2, 0) is 18.4 Å². The Hall–Kier alpha value is -1.36. The highest BCUT2D eigenvalue weighted by Crippen LogP contribution is 2.01. The van der Waals surface area contributed by atoms with Gasteiger partial charge in [-0.1, -0.05) is 0 Å². The summed E-state index contributed by atoms with van der Waals surface area (Å²) < 4.78 is 1.93. The van der Waals surface area contributed by atoms with Crippen molar-refractivity contribution in [2.75, 3.05) is 13.6 Å². The molecule has 78 valence electrons. The maximum atomic E-state index is 10.3. The van der Waals surface area contributed by atoms with Crippen LogP contribution in [-0.4, -0.2) is 39.1 Å².